The van der Waals surface area contributed by atoms with Crippen LogP contribution in [0.15, 0.2) is 28.7 Å². The normalized spacial score (nSPS) is 20.6. The minimum atomic E-state index is 0.0472. The molecular formula is C16H22N2O2. The Balaban J connectivity index is 1.74. The van der Waals surface area contributed by atoms with Gasteiger partial charge in [-0.15, -0.1) is 0 Å². The Morgan fingerprint density at radius 2 is 2.35 bits per heavy atom. The minimum absolute atomic E-state index is 0.0472. The number of fused-ring (bicyclic) bond motifs is 1. The fourth-order valence-electron chi connectivity index (χ4n) is 2.93. The van der Waals surface area contributed by atoms with E-state index in [2.05, 4.69) is 30.5 Å². The van der Waals surface area contributed by atoms with Crippen molar-refractivity contribution in [3.63, 3.8) is 0 Å². The highest BCUT2D eigenvalue weighted by atomic mass is 16.5. The number of hydrazine groups is 1. The van der Waals surface area contributed by atoms with Crippen molar-refractivity contribution >= 4 is 11.0 Å². The van der Waals surface area contributed by atoms with Crippen LogP contribution in [0.4, 0.5) is 0 Å². The highest BCUT2D eigenvalue weighted by molar-refractivity contribution is 5.80. The summed E-state index contributed by atoms with van der Waals surface area (Å²) in [6.07, 6.45) is 4.67. The Kier molecular flexibility index (Phi) is 4.05. The van der Waals surface area contributed by atoms with Crippen LogP contribution < -0.4 is 11.3 Å². The highest BCUT2D eigenvalue weighted by Gasteiger charge is 2.20. The van der Waals surface area contributed by atoms with E-state index in [1.807, 2.05) is 6.07 Å². The van der Waals surface area contributed by atoms with E-state index in [1.165, 1.54) is 6.42 Å². The summed E-state index contributed by atoms with van der Waals surface area (Å²) in [5.74, 6) is 6.61. The van der Waals surface area contributed by atoms with E-state index < -0.39 is 0 Å². The summed E-state index contributed by atoms with van der Waals surface area (Å²) < 4.78 is 11.6. The number of nitrogens with two attached hydrogens (primary N) is 1. The molecule has 1 aliphatic heterocycles. The molecule has 0 amide bonds. The quantitative estimate of drug-likeness (QED) is 0.649. The van der Waals surface area contributed by atoms with Crippen molar-refractivity contribution in [1.29, 1.82) is 0 Å². The number of hydrogen-bond donors (Lipinski definition) is 2. The molecule has 1 saturated heterocycles. The van der Waals surface area contributed by atoms with Gasteiger partial charge < -0.3 is 9.15 Å². The number of aryl methyl sites for hydroxylation is 1. The molecule has 1 aromatic carbocycles. The average molecular weight is 274 g/mol. The van der Waals surface area contributed by atoms with Crippen molar-refractivity contribution in [3.8, 4) is 0 Å². The molecule has 4 nitrogen and oxygen atoms in total. The minimum Gasteiger partial charge on any atom is -0.459 e. The van der Waals surface area contributed by atoms with Gasteiger partial charge in [-0.2, -0.15) is 0 Å². The van der Waals surface area contributed by atoms with Crippen LogP contribution in [0.2, 0.25) is 0 Å². The van der Waals surface area contributed by atoms with Crippen molar-refractivity contribution < 1.29 is 9.15 Å². The van der Waals surface area contributed by atoms with E-state index in [4.69, 9.17) is 15.0 Å². The molecule has 1 aliphatic rings. The van der Waals surface area contributed by atoms with Crippen LogP contribution in [0.25, 0.3) is 11.0 Å². The van der Waals surface area contributed by atoms with Gasteiger partial charge in [0.15, 0.2) is 0 Å². The number of para-hydroxylation sites is 1. The standard InChI is InChI=1S/C16H22N2O2/c1-11-4-2-5-12-10-15(20-16(11)12)14(18-17)8-7-13-6-3-9-19-13/h2,4-5,10,13-14,18H,3,6-9,17H2,1H3. The number of furan rings is 1. The topological polar surface area (TPSA) is 60.4 Å². The monoisotopic (exact) mass is 274 g/mol. The first kappa shape index (κ1) is 13.6. The van der Waals surface area contributed by atoms with Crippen molar-refractivity contribution in [2.45, 2.75) is 44.8 Å². The van der Waals surface area contributed by atoms with Crippen LogP contribution in [0, 0.1) is 6.92 Å². The van der Waals surface area contributed by atoms with Gasteiger partial charge in [0.2, 0.25) is 0 Å². The first-order chi connectivity index (χ1) is 9.78. The van der Waals surface area contributed by atoms with Crippen LogP contribution >= 0.6 is 0 Å². The molecule has 0 radical (unpaired) electrons. The van der Waals surface area contributed by atoms with Crippen molar-refractivity contribution in [1.82, 2.24) is 5.43 Å². The van der Waals surface area contributed by atoms with Crippen LogP contribution in [0.5, 0.6) is 0 Å². The van der Waals surface area contributed by atoms with Gasteiger partial charge in [0, 0.05) is 12.0 Å². The van der Waals surface area contributed by atoms with E-state index >= 15 is 0 Å². The first-order valence-corrected chi connectivity index (χ1v) is 7.34. The Bertz CT molecular complexity index is 573. The van der Waals surface area contributed by atoms with Crippen LogP contribution in [-0.4, -0.2) is 12.7 Å². The zero-order valence-electron chi connectivity index (χ0n) is 11.9. The second-order valence-corrected chi connectivity index (χ2v) is 5.57. The molecule has 20 heavy (non-hydrogen) atoms. The molecule has 2 atom stereocenters. The van der Waals surface area contributed by atoms with Crippen molar-refractivity contribution in [2.75, 3.05) is 6.61 Å². The maximum absolute atomic E-state index is 5.98. The molecule has 2 heterocycles. The maximum Gasteiger partial charge on any atom is 0.137 e. The van der Waals surface area contributed by atoms with Gasteiger partial charge in [-0.05, 0) is 44.2 Å². The Morgan fingerprint density at radius 1 is 1.45 bits per heavy atom. The summed E-state index contributed by atoms with van der Waals surface area (Å²) in [6.45, 7) is 2.96. The summed E-state index contributed by atoms with van der Waals surface area (Å²) in [6, 6.07) is 8.32. The van der Waals surface area contributed by atoms with E-state index in [0.717, 1.165) is 48.2 Å². The number of benzene rings is 1. The summed E-state index contributed by atoms with van der Waals surface area (Å²) in [5, 5.41) is 1.14. The summed E-state index contributed by atoms with van der Waals surface area (Å²) in [7, 11) is 0. The predicted molar refractivity (Wildman–Crippen MR) is 79.2 cm³/mol. The van der Waals surface area contributed by atoms with Crippen LogP contribution in [-0.2, 0) is 4.74 Å². The third kappa shape index (κ3) is 2.73. The molecule has 0 aliphatic carbocycles. The fourth-order valence-corrected chi connectivity index (χ4v) is 2.93. The number of ether oxygens (including phenoxy) is 1. The SMILES string of the molecule is Cc1cccc2cc(C(CCC3CCCO3)NN)oc12. The molecule has 3 N–H and O–H groups in total. The van der Waals surface area contributed by atoms with E-state index in [0.29, 0.717) is 6.10 Å². The van der Waals surface area contributed by atoms with Gasteiger partial charge >= 0.3 is 0 Å². The van der Waals surface area contributed by atoms with Gasteiger partial charge in [0.05, 0.1) is 12.1 Å². The molecule has 2 unspecified atom stereocenters. The van der Waals surface area contributed by atoms with Gasteiger partial charge in [-0.1, -0.05) is 18.2 Å². The zero-order valence-corrected chi connectivity index (χ0v) is 11.9. The predicted octanol–water partition coefficient (Wildman–Crippen LogP) is 3.20. The molecule has 0 bridgehead atoms. The lowest BCUT2D eigenvalue weighted by Gasteiger charge is -2.15. The van der Waals surface area contributed by atoms with Crippen molar-refractivity contribution in [3.05, 3.63) is 35.6 Å². The third-order valence-electron chi connectivity index (χ3n) is 4.11. The molecule has 0 saturated carbocycles. The van der Waals surface area contributed by atoms with E-state index in [9.17, 15) is 0 Å². The molecule has 3 rings (SSSR count). The molecule has 1 fully saturated rings. The maximum atomic E-state index is 5.98. The fraction of sp³-hybridized carbons (Fsp3) is 0.500. The molecule has 4 heteroatoms. The second-order valence-electron chi connectivity index (χ2n) is 5.57. The molecule has 0 spiro atoms. The average Bonchev–Trinajstić information content (AvgIpc) is 3.09. The van der Waals surface area contributed by atoms with Crippen LogP contribution in [0.1, 0.15) is 43.0 Å². The van der Waals surface area contributed by atoms with E-state index in [-0.39, 0.29) is 6.04 Å². The molecule has 108 valence electrons. The summed E-state index contributed by atoms with van der Waals surface area (Å²) >= 11 is 0. The van der Waals surface area contributed by atoms with Crippen LogP contribution in [0.3, 0.4) is 0 Å². The van der Waals surface area contributed by atoms with Crippen molar-refractivity contribution in [2.24, 2.45) is 5.84 Å². The van der Waals surface area contributed by atoms with Gasteiger partial charge in [-0.3, -0.25) is 5.84 Å². The zero-order chi connectivity index (χ0) is 13.9. The smallest absolute Gasteiger partial charge is 0.137 e. The lowest BCUT2D eigenvalue weighted by molar-refractivity contribution is 0.0989. The third-order valence-corrected chi connectivity index (χ3v) is 4.11. The largest absolute Gasteiger partial charge is 0.459 e. The van der Waals surface area contributed by atoms with Gasteiger partial charge in [-0.25, -0.2) is 5.43 Å². The summed E-state index contributed by atoms with van der Waals surface area (Å²) in [5.41, 5.74) is 4.99. The summed E-state index contributed by atoms with van der Waals surface area (Å²) in [4.78, 5) is 0. The number of rotatable bonds is 5. The Hall–Kier alpha value is -1.36. The van der Waals surface area contributed by atoms with E-state index in [1.54, 1.807) is 0 Å². The second kappa shape index (κ2) is 5.95. The first-order valence-electron chi connectivity index (χ1n) is 7.34. The highest BCUT2D eigenvalue weighted by Crippen LogP contribution is 2.29. The molecule has 1 aromatic heterocycles. The lowest BCUT2D eigenvalue weighted by atomic mass is 10.0. The lowest BCUT2D eigenvalue weighted by Crippen LogP contribution is -2.28. The molecular weight excluding hydrogens is 252 g/mol. The Morgan fingerprint density at radius 3 is 3.05 bits per heavy atom. The number of nitrogens with one attached hydrogen (secondary N) is 1. The Labute approximate surface area is 119 Å². The van der Waals surface area contributed by atoms with Gasteiger partial charge in [0.1, 0.15) is 11.3 Å². The number of hydrogen-bond acceptors (Lipinski definition) is 4. The molecule has 2 aromatic rings. The van der Waals surface area contributed by atoms with Gasteiger partial charge in [0.25, 0.3) is 0 Å².